The van der Waals surface area contributed by atoms with Crippen molar-refractivity contribution in [3.05, 3.63) is 30.3 Å². The first kappa shape index (κ1) is 15.1. The van der Waals surface area contributed by atoms with Crippen LogP contribution in [-0.4, -0.2) is 33.5 Å². The highest BCUT2D eigenvalue weighted by atomic mass is 16.5. The van der Waals surface area contributed by atoms with Gasteiger partial charge in [0.2, 0.25) is 5.75 Å². The summed E-state index contributed by atoms with van der Waals surface area (Å²) < 4.78 is 21.5. The predicted molar refractivity (Wildman–Crippen MR) is 89.3 cm³/mol. The van der Waals surface area contributed by atoms with E-state index in [2.05, 4.69) is 0 Å². The van der Waals surface area contributed by atoms with Gasteiger partial charge in [-0.05, 0) is 29.7 Å². The van der Waals surface area contributed by atoms with E-state index in [1.807, 2.05) is 30.3 Å². The third-order valence-corrected chi connectivity index (χ3v) is 3.96. The standard InChI is InChI=1S/C18H18O5/c1-20-12-7-8-13(21-2)16-11(12)6-5-10-9-14(22-3)18(23-4)17(19)15(10)16/h5-9,19H,1-4H3. The molecule has 23 heavy (non-hydrogen) atoms. The Kier molecular flexibility index (Phi) is 3.78. The summed E-state index contributed by atoms with van der Waals surface area (Å²) in [7, 11) is 6.23. The Morgan fingerprint density at radius 3 is 1.96 bits per heavy atom. The number of methoxy groups -OCH3 is 4. The molecule has 120 valence electrons. The lowest BCUT2D eigenvalue weighted by atomic mass is 9.99. The van der Waals surface area contributed by atoms with E-state index >= 15 is 0 Å². The molecule has 0 aromatic heterocycles. The first-order chi connectivity index (χ1) is 11.2. The SMILES string of the molecule is COc1cc2ccc3c(OC)ccc(OC)c3c2c(O)c1OC. The van der Waals surface area contributed by atoms with Crippen molar-refractivity contribution >= 4 is 21.5 Å². The molecule has 0 aliphatic heterocycles. The number of phenolic OH excluding ortho intramolecular Hbond substituents is 1. The number of fused-ring (bicyclic) bond motifs is 3. The van der Waals surface area contributed by atoms with Gasteiger partial charge in [0.05, 0.1) is 28.4 Å². The molecule has 0 spiro atoms. The van der Waals surface area contributed by atoms with Crippen LogP contribution in [0.15, 0.2) is 30.3 Å². The van der Waals surface area contributed by atoms with Crippen molar-refractivity contribution in [2.45, 2.75) is 0 Å². The number of hydrogen-bond acceptors (Lipinski definition) is 5. The Bertz CT molecular complexity index is 886. The molecule has 5 heteroatoms. The Labute approximate surface area is 134 Å². The summed E-state index contributed by atoms with van der Waals surface area (Å²) in [6.07, 6.45) is 0. The van der Waals surface area contributed by atoms with Crippen LogP contribution in [0.5, 0.6) is 28.7 Å². The van der Waals surface area contributed by atoms with Gasteiger partial charge in [-0.25, -0.2) is 0 Å². The third kappa shape index (κ3) is 2.16. The van der Waals surface area contributed by atoms with Crippen LogP contribution in [0.3, 0.4) is 0 Å². The second-order valence-corrected chi connectivity index (χ2v) is 5.02. The first-order valence-corrected chi connectivity index (χ1v) is 7.07. The maximum Gasteiger partial charge on any atom is 0.203 e. The van der Waals surface area contributed by atoms with Crippen LogP contribution >= 0.6 is 0 Å². The van der Waals surface area contributed by atoms with Crippen LogP contribution in [0, 0.1) is 0 Å². The Morgan fingerprint density at radius 2 is 1.35 bits per heavy atom. The summed E-state index contributed by atoms with van der Waals surface area (Å²) in [5.74, 6) is 2.13. The zero-order valence-electron chi connectivity index (χ0n) is 13.5. The number of hydrogen-bond donors (Lipinski definition) is 1. The third-order valence-electron chi connectivity index (χ3n) is 3.96. The number of ether oxygens (including phenoxy) is 4. The molecule has 3 aromatic carbocycles. The second kappa shape index (κ2) is 5.76. The van der Waals surface area contributed by atoms with Crippen molar-refractivity contribution in [2.75, 3.05) is 28.4 Å². The van der Waals surface area contributed by atoms with E-state index in [4.69, 9.17) is 18.9 Å². The summed E-state index contributed by atoms with van der Waals surface area (Å²) in [6, 6.07) is 9.32. The molecule has 5 nitrogen and oxygen atoms in total. The number of aromatic hydroxyl groups is 1. The van der Waals surface area contributed by atoms with Gasteiger partial charge >= 0.3 is 0 Å². The first-order valence-electron chi connectivity index (χ1n) is 7.07. The highest BCUT2D eigenvalue weighted by Gasteiger charge is 2.19. The summed E-state index contributed by atoms with van der Waals surface area (Å²) in [5, 5.41) is 13.8. The van der Waals surface area contributed by atoms with Crippen molar-refractivity contribution < 1.29 is 24.1 Å². The maximum atomic E-state index is 10.7. The van der Waals surface area contributed by atoms with Gasteiger partial charge in [-0.15, -0.1) is 0 Å². The number of phenols is 1. The van der Waals surface area contributed by atoms with Crippen LogP contribution in [0.1, 0.15) is 0 Å². The largest absolute Gasteiger partial charge is 0.504 e. The molecule has 0 heterocycles. The monoisotopic (exact) mass is 314 g/mol. The van der Waals surface area contributed by atoms with Crippen molar-refractivity contribution in [2.24, 2.45) is 0 Å². The minimum atomic E-state index is 0.0130. The Hall–Kier alpha value is -2.82. The molecule has 0 atom stereocenters. The van der Waals surface area contributed by atoms with Crippen molar-refractivity contribution in [1.29, 1.82) is 0 Å². The molecule has 0 aliphatic rings. The summed E-state index contributed by atoms with van der Waals surface area (Å²) in [6.45, 7) is 0. The zero-order chi connectivity index (χ0) is 16.6. The molecular formula is C18H18O5. The van der Waals surface area contributed by atoms with Gasteiger partial charge in [-0.1, -0.05) is 6.07 Å². The highest BCUT2D eigenvalue weighted by Crippen LogP contribution is 2.48. The lowest BCUT2D eigenvalue weighted by Gasteiger charge is -2.16. The van der Waals surface area contributed by atoms with E-state index in [9.17, 15) is 5.11 Å². The molecule has 0 fully saturated rings. The predicted octanol–water partition coefficient (Wildman–Crippen LogP) is 3.73. The highest BCUT2D eigenvalue weighted by molar-refractivity contribution is 6.16. The zero-order valence-corrected chi connectivity index (χ0v) is 13.5. The van der Waals surface area contributed by atoms with Crippen LogP contribution in [0.25, 0.3) is 21.5 Å². The summed E-state index contributed by atoms with van der Waals surface area (Å²) >= 11 is 0. The summed E-state index contributed by atoms with van der Waals surface area (Å²) in [4.78, 5) is 0. The van der Waals surface area contributed by atoms with Crippen molar-refractivity contribution in [1.82, 2.24) is 0 Å². The van der Waals surface area contributed by atoms with E-state index in [0.29, 0.717) is 22.6 Å². The quantitative estimate of drug-likeness (QED) is 0.744. The average Bonchev–Trinajstić information content (AvgIpc) is 2.59. The normalized spacial score (nSPS) is 10.8. The van der Waals surface area contributed by atoms with E-state index < -0.39 is 0 Å². The van der Waals surface area contributed by atoms with Crippen LogP contribution in [-0.2, 0) is 0 Å². The molecule has 0 saturated heterocycles. The molecule has 0 bridgehead atoms. The van der Waals surface area contributed by atoms with Crippen molar-refractivity contribution in [3.63, 3.8) is 0 Å². The molecule has 0 radical (unpaired) electrons. The van der Waals surface area contributed by atoms with E-state index in [1.54, 1.807) is 14.2 Å². The fraction of sp³-hybridized carbons (Fsp3) is 0.222. The Morgan fingerprint density at radius 1 is 0.696 bits per heavy atom. The van der Waals surface area contributed by atoms with E-state index in [-0.39, 0.29) is 11.5 Å². The molecule has 0 amide bonds. The lowest BCUT2D eigenvalue weighted by molar-refractivity contribution is 0.335. The smallest absolute Gasteiger partial charge is 0.203 e. The number of rotatable bonds is 4. The molecule has 0 unspecified atom stereocenters. The summed E-state index contributed by atoms with van der Waals surface area (Å²) in [5.41, 5.74) is 0. The molecule has 1 N–H and O–H groups in total. The van der Waals surface area contributed by atoms with Gasteiger partial charge in [0.25, 0.3) is 0 Å². The minimum Gasteiger partial charge on any atom is -0.504 e. The van der Waals surface area contributed by atoms with Crippen molar-refractivity contribution in [3.8, 4) is 28.7 Å². The van der Waals surface area contributed by atoms with Gasteiger partial charge in [0.1, 0.15) is 11.5 Å². The Balaban J connectivity index is 2.56. The maximum absolute atomic E-state index is 10.7. The average molecular weight is 314 g/mol. The van der Waals surface area contributed by atoms with E-state index in [0.717, 1.165) is 16.2 Å². The second-order valence-electron chi connectivity index (χ2n) is 5.02. The van der Waals surface area contributed by atoms with Gasteiger partial charge in [0, 0.05) is 16.2 Å². The van der Waals surface area contributed by atoms with Gasteiger partial charge in [-0.3, -0.25) is 0 Å². The molecule has 3 rings (SSSR count). The van der Waals surface area contributed by atoms with Gasteiger partial charge in [0.15, 0.2) is 11.5 Å². The fourth-order valence-electron chi connectivity index (χ4n) is 2.91. The van der Waals surface area contributed by atoms with Gasteiger partial charge in [-0.2, -0.15) is 0 Å². The van der Waals surface area contributed by atoms with Gasteiger partial charge < -0.3 is 24.1 Å². The molecule has 0 aliphatic carbocycles. The topological polar surface area (TPSA) is 57.2 Å². The molecular weight excluding hydrogens is 296 g/mol. The van der Waals surface area contributed by atoms with Crippen LogP contribution in [0.2, 0.25) is 0 Å². The fourth-order valence-corrected chi connectivity index (χ4v) is 2.91. The number of benzene rings is 3. The van der Waals surface area contributed by atoms with Crippen LogP contribution < -0.4 is 18.9 Å². The van der Waals surface area contributed by atoms with Crippen LogP contribution in [0.4, 0.5) is 0 Å². The lowest BCUT2D eigenvalue weighted by Crippen LogP contribution is -1.94. The molecule has 3 aromatic rings. The van der Waals surface area contributed by atoms with E-state index in [1.165, 1.54) is 14.2 Å². The molecule has 0 saturated carbocycles. The minimum absolute atomic E-state index is 0.0130.